The number of hydrogen-bond donors (Lipinski definition) is 0. The summed E-state index contributed by atoms with van der Waals surface area (Å²) in [5.41, 5.74) is 4.95. The Kier molecular flexibility index (Phi) is 2.05. The Hall–Kier alpha value is -2.09. The zero-order valence-electron chi connectivity index (χ0n) is 9.90. The Morgan fingerprint density at radius 3 is 2.41 bits per heavy atom. The van der Waals surface area contributed by atoms with Gasteiger partial charge >= 0.3 is 0 Å². The van der Waals surface area contributed by atoms with Gasteiger partial charge in [-0.2, -0.15) is 0 Å². The Morgan fingerprint density at radius 1 is 1.06 bits per heavy atom. The lowest BCUT2D eigenvalue weighted by molar-refractivity contribution is 0.0982. The molecular formula is C15H13NO. The Balaban J connectivity index is 2.16. The van der Waals surface area contributed by atoms with Crippen LogP contribution in [0.1, 0.15) is 27.3 Å². The second kappa shape index (κ2) is 3.45. The topological polar surface area (TPSA) is 22.0 Å². The molecule has 0 bridgehead atoms. The molecule has 84 valence electrons. The lowest BCUT2D eigenvalue weighted by atomic mass is 10.1. The van der Waals surface area contributed by atoms with Gasteiger partial charge in [0.05, 0.1) is 5.69 Å². The van der Waals surface area contributed by atoms with Gasteiger partial charge in [0.1, 0.15) is 0 Å². The van der Waals surface area contributed by atoms with Crippen LogP contribution in [0.25, 0.3) is 11.6 Å². The van der Waals surface area contributed by atoms with Crippen molar-refractivity contribution < 1.29 is 4.79 Å². The van der Waals surface area contributed by atoms with Crippen molar-refractivity contribution in [2.24, 2.45) is 0 Å². The van der Waals surface area contributed by atoms with Crippen LogP contribution in [0.2, 0.25) is 0 Å². The monoisotopic (exact) mass is 223 g/mol. The van der Waals surface area contributed by atoms with E-state index in [4.69, 9.17) is 0 Å². The molecule has 2 nitrogen and oxygen atoms in total. The molecule has 2 heterocycles. The van der Waals surface area contributed by atoms with E-state index in [1.165, 1.54) is 0 Å². The highest BCUT2D eigenvalue weighted by Gasteiger charge is 2.25. The zero-order chi connectivity index (χ0) is 12.0. The van der Waals surface area contributed by atoms with E-state index in [0.717, 1.165) is 28.1 Å². The first kappa shape index (κ1) is 10.1. The largest absolute Gasteiger partial charge is 0.281 e. The number of allylic oxidation sites excluding steroid dienone is 1. The number of rotatable bonds is 1. The van der Waals surface area contributed by atoms with Crippen LogP contribution in [0.4, 0.5) is 0 Å². The maximum atomic E-state index is 12.3. The smallest absolute Gasteiger partial charge is 0.263 e. The van der Waals surface area contributed by atoms with Crippen molar-refractivity contribution in [3.05, 3.63) is 58.9 Å². The maximum absolute atomic E-state index is 12.3. The molecule has 0 amide bonds. The van der Waals surface area contributed by atoms with Gasteiger partial charge in [-0.3, -0.25) is 9.36 Å². The first-order valence-corrected chi connectivity index (χ1v) is 5.69. The van der Waals surface area contributed by atoms with Gasteiger partial charge in [-0.1, -0.05) is 30.3 Å². The third-order valence-corrected chi connectivity index (χ3v) is 3.22. The fourth-order valence-electron chi connectivity index (χ4n) is 2.41. The number of carbonyl (C=O) groups is 1. The van der Waals surface area contributed by atoms with Crippen LogP contribution in [-0.2, 0) is 0 Å². The quantitative estimate of drug-likeness (QED) is 0.727. The Labute approximate surface area is 100 Å². The molecule has 3 rings (SSSR count). The third kappa shape index (κ3) is 1.37. The molecule has 1 aliphatic rings. The van der Waals surface area contributed by atoms with E-state index in [-0.39, 0.29) is 5.91 Å². The summed E-state index contributed by atoms with van der Waals surface area (Å²) < 4.78 is 1.79. The molecular weight excluding hydrogens is 210 g/mol. The van der Waals surface area contributed by atoms with Crippen molar-refractivity contribution in [1.82, 2.24) is 4.57 Å². The van der Waals surface area contributed by atoms with Crippen molar-refractivity contribution in [3.63, 3.8) is 0 Å². The van der Waals surface area contributed by atoms with E-state index < -0.39 is 0 Å². The molecule has 0 saturated carbocycles. The van der Waals surface area contributed by atoms with Gasteiger partial charge in [0.2, 0.25) is 0 Å². The molecule has 0 fully saturated rings. The van der Waals surface area contributed by atoms with E-state index in [0.29, 0.717) is 0 Å². The first-order chi connectivity index (χ1) is 8.18. The summed E-state index contributed by atoms with van der Waals surface area (Å²) in [5.74, 6) is 0.0804. The van der Waals surface area contributed by atoms with Crippen LogP contribution >= 0.6 is 0 Å². The second-order valence-corrected chi connectivity index (χ2v) is 4.42. The molecule has 2 aromatic rings. The Bertz CT molecular complexity index is 632. The highest BCUT2D eigenvalue weighted by Crippen LogP contribution is 2.30. The number of nitrogens with zero attached hydrogens (tertiary/aromatic N) is 1. The lowest BCUT2D eigenvalue weighted by Gasteiger charge is -2.03. The molecule has 17 heavy (non-hydrogen) atoms. The summed E-state index contributed by atoms with van der Waals surface area (Å²) in [5, 5.41) is 0. The van der Waals surface area contributed by atoms with Gasteiger partial charge in [0, 0.05) is 11.3 Å². The van der Waals surface area contributed by atoms with Gasteiger partial charge in [0.25, 0.3) is 5.91 Å². The predicted molar refractivity (Wildman–Crippen MR) is 68.8 cm³/mol. The summed E-state index contributed by atoms with van der Waals surface area (Å²) in [6, 6.07) is 11.9. The predicted octanol–water partition coefficient (Wildman–Crippen LogP) is 3.30. The zero-order valence-corrected chi connectivity index (χ0v) is 9.90. The summed E-state index contributed by atoms with van der Waals surface area (Å²) in [6.45, 7) is 4.01. The van der Waals surface area contributed by atoms with E-state index in [9.17, 15) is 4.79 Å². The maximum Gasteiger partial charge on any atom is 0.263 e. The average Bonchev–Trinajstić information content (AvgIpc) is 2.81. The van der Waals surface area contributed by atoms with Gasteiger partial charge in [0.15, 0.2) is 0 Å². The van der Waals surface area contributed by atoms with Gasteiger partial charge in [-0.15, -0.1) is 0 Å². The first-order valence-electron chi connectivity index (χ1n) is 5.69. The molecule has 0 atom stereocenters. The van der Waals surface area contributed by atoms with E-state index >= 15 is 0 Å². The van der Waals surface area contributed by atoms with Crippen LogP contribution in [-0.4, -0.2) is 10.5 Å². The van der Waals surface area contributed by atoms with Crippen molar-refractivity contribution >= 4 is 17.6 Å². The molecule has 2 heteroatoms. The van der Waals surface area contributed by atoms with Crippen LogP contribution in [0.3, 0.4) is 0 Å². The molecule has 0 N–H and O–H groups in total. The van der Waals surface area contributed by atoms with Crippen LogP contribution in [0.5, 0.6) is 0 Å². The summed E-state index contributed by atoms with van der Waals surface area (Å²) in [7, 11) is 0. The van der Waals surface area contributed by atoms with E-state index in [1.54, 1.807) is 4.57 Å². The average molecular weight is 223 g/mol. The minimum absolute atomic E-state index is 0.0804. The molecule has 1 aliphatic heterocycles. The molecule has 1 aromatic heterocycles. The van der Waals surface area contributed by atoms with Gasteiger partial charge in [-0.05, 0) is 37.1 Å². The lowest BCUT2D eigenvalue weighted by Crippen LogP contribution is -2.09. The highest BCUT2D eigenvalue weighted by molar-refractivity contribution is 6.29. The molecule has 0 spiro atoms. The minimum Gasteiger partial charge on any atom is -0.281 e. The van der Waals surface area contributed by atoms with Crippen LogP contribution < -0.4 is 0 Å². The SMILES string of the molecule is Cc1cc(C)n2c1C=C(c1ccccc1)C2=O. The number of benzene rings is 1. The number of hydrogen-bond acceptors (Lipinski definition) is 1. The normalized spacial score (nSPS) is 13.8. The van der Waals surface area contributed by atoms with Gasteiger partial charge in [-0.25, -0.2) is 0 Å². The van der Waals surface area contributed by atoms with Crippen molar-refractivity contribution in [3.8, 4) is 0 Å². The number of aromatic nitrogens is 1. The van der Waals surface area contributed by atoms with Crippen molar-refractivity contribution in [2.45, 2.75) is 13.8 Å². The molecule has 1 aromatic carbocycles. The standard InChI is InChI=1S/C15H13NO/c1-10-8-11(2)16-14(10)9-13(15(16)17)12-6-4-3-5-7-12/h3-9H,1-2H3. The second-order valence-electron chi connectivity index (χ2n) is 4.42. The van der Waals surface area contributed by atoms with E-state index in [2.05, 4.69) is 0 Å². The minimum atomic E-state index is 0.0804. The van der Waals surface area contributed by atoms with Crippen molar-refractivity contribution in [2.75, 3.05) is 0 Å². The number of carbonyl (C=O) groups excluding carboxylic acids is 1. The molecule has 0 unspecified atom stereocenters. The number of fused-ring (bicyclic) bond motifs is 1. The van der Waals surface area contributed by atoms with Gasteiger partial charge < -0.3 is 0 Å². The fourth-order valence-corrected chi connectivity index (χ4v) is 2.41. The van der Waals surface area contributed by atoms with E-state index in [1.807, 2.05) is 56.3 Å². The van der Waals surface area contributed by atoms with Crippen LogP contribution in [0.15, 0.2) is 36.4 Å². The van der Waals surface area contributed by atoms with Crippen LogP contribution in [0, 0.1) is 13.8 Å². The summed E-state index contributed by atoms with van der Waals surface area (Å²) in [4.78, 5) is 12.3. The summed E-state index contributed by atoms with van der Waals surface area (Å²) >= 11 is 0. The number of aryl methyl sites for hydroxylation is 2. The summed E-state index contributed by atoms with van der Waals surface area (Å²) in [6.07, 6.45) is 1.99. The third-order valence-electron chi connectivity index (χ3n) is 3.22. The molecule has 0 aliphatic carbocycles. The highest BCUT2D eigenvalue weighted by atomic mass is 16.2. The molecule has 0 radical (unpaired) electrons. The molecule has 0 saturated heterocycles. The van der Waals surface area contributed by atoms with Crippen molar-refractivity contribution in [1.29, 1.82) is 0 Å². The fraction of sp³-hybridized carbons (Fsp3) is 0.133. The Morgan fingerprint density at radius 2 is 1.76 bits per heavy atom.